The van der Waals surface area contributed by atoms with Crippen LogP contribution in [0.15, 0.2) is 23.3 Å². The number of nitrogens with one attached hydrogen (secondary N) is 1. The minimum atomic E-state index is -4.56. The predicted molar refractivity (Wildman–Crippen MR) is 85.2 cm³/mol. The summed E-state index contributed by atoms with van der Waals surface area (Å²) in [7, 11) is 0. The van der Waals surface area contributed by atoms with E-state index in [1.807, 2.05) is 0 Å². The van der Waals surface area contributed by atoms with E-state index in [2.05, 4.69) is 15.1 Å². The summed E-state index contributed by atoms with van der Waals surface area (Å²) in [6.45, 7) is 0. The minimum absolute atomic E-state index is 0.0675. The van der Waals surface area contributed by atoms with Gasteiger partial charge in [-0.1, -0.05) is 23.2 Å². The van der Waals surface area contributed by atoms with Crippen LogP contribution in [0.25, 0.3) is 0 Å². The number of nitrogens with zero attached hydrogens (tertiary/aromatic N) is 5. The molecule has 0 amide bonds. The minimum Gasteiger partial charge on any atom is -0.326 e. The highest BCUT2D eigenvalue weighted by molar-refractivity contribution is 6.69. The van der Waals surface area contributed by atoms with Crippen LogP contribution in [0, 0.1) is 22.7 Å². The molecule has 0 unspecified atom stereocenters. The summed E-state index contributed by atoms with van der Waals surface area (Å²) < 4.78 is 38.5. The Labute approximate surface area is 153 Å². The summed E-state index contributed by atoms with van der Waals surface area (Å²) in [5.41, 5.74) is -1.34. The van der Waals surface area contributed by atoms with Gasteiger partial charge in [-0.25, -0.2) is 4.98 Å². The van der Waals surface area contributed by atoms with E-state index >= 15 is 0 Å². The zero-order valence-corrected chi connectivity index (χ0v) is 14.0. The third-order valence-corrected chi connectivity index (χ3v) is 3.58. The summed E-state index contributed by atoms with van der Waals surface area (Å²) in [5.74, 6) is -0.122. The van der Waals surface area contributed by atoms with Gasteiger partial charge in [0.05, 0.1) is 16.3 Å². The molecule has 128 valence electrons. The van der Waals surface area contributed by atoms with Gasteiger partial charge in [0.1, 0.15) is 12.1 Å². The smallest absolute Gasteiger partial charge is 0.326 e. The normalized spacial score (nSPS) is 11.8. The molecule has 1 heterocycles. The fourth-order valence-electron chi connectivity index (χ4n) is 1.64. The fraction of sp³-hybridized carbons (Fsp3) is 0.0769. The number of hydrogen-bond acceptors (Lipinski definition) is 5. The molecule has 0 aliphatic rings. The molecule has 0 saturated heterocycles. The van der Waals surface area contributed by atoms with Crippen molar-refractivity contribution in [2.24, 2.45) is 5.10 Å². The van der Waals surface area contributed by atoms with Crippen molar-refractivity contribution in [1.82, 2.24) is 9.97 Å². The van der Waals surface area contributed by atoms with Gasteiger partial charge in [0, 0.05) is 11.8 Å². The first kappa shape index (κ1) is 18.9. The van der Waals surface area contributed by atoms with Crippen molar-refractivity contribution in [2.75, 3.05) is 4.53 Å². The number of H-pyrrole nitrogens is 1. The zero-order valence-electron chi connectivity index (χ0n) is 11.7. The number of anilines is 1. The van der Waals surface area contributed by atoms with Gasteiger partial charge in [0.2, 0.25) is 0 Å². The molecule has 0 radical (unpaired) electrons. The van der Waals surface area contributed by atoms with Gasteiger partial charge in [-0.15, -0.1) is 5.10 Å². The first-order chi connectivity index (χ1) is 11.7. The summed E-state index contributed by atoms with van der Waals surface area (Å²) in [5, 5.41) is 20.7. The lowest BCUT2D eigenvalue weighted by Gasteiger charge is -2.14. The van der Waals surface area contributed by atoms with Crippen LogP contribution >= 0.6 is 35.0 Å². The topological polar surface area (TPSA) is 91.9 Å². The van der Waals surface area contributed by atoms with Crippen LogP contribution in [-0.2, 0) is 6.18 Å². The van der Waals surface area contributed by atoms with Crippen molar-refractivity contribution >= 4 is 45.8 Å². The molecule has 2 rings (SSSR count). The second-order valence-electron chi connectivity index (χ2n) is 4.35. The number of aromatic nitrogens is 2. The van der Waals surface area contributed by atoms with E-state index < -0.39 is 11.7 Å². The van der Waals surface area contributed by atoms with Crippen molar-refractivity contribution in [3.05, 3.63) is 46.0 Å². The molecule has 25 heavy (non-hydrogen) atoms. The van der Waals surface area contributed by atoms with Crippen molar-refractivity contribution in [3.8, 4) is 12.1 Å². The second-order valence-corrected chi connectivity index (χ2v) is 5.43. The lowest BCUT2D eigenvalue weighted by Crippen LogP contribution is -2.09. The summed E-state index contributed by atoms with van der Waals surface area (Å²) in [6.07, 6.45) is -4.56. The molecule has 0 aliphatic carbocycles. The van der Waals surface area contributed by atoms with E-state index in [1.165, 1.54) is 0 Å². The third kappa shape index (κ3) is 4.15. The summed E-state index contributed by atoms with van der Waals surface area (Å²) in [4.78, 5) is 6.20. The van der Waals surface area contributed by atoms with Gasteiger partial charge in [0.25, 0.3) is 0 Å². The Kier molecular flexibility index (Phi) is 5.43. The molecular weight excluding hydrogens is 404 g/mol. The van der Waals surface area contributed by atoms with Crippen LogP contribution < -0.4 is 4.53 Å². The first-order valence-corrected chi connectivity index (χ1v) is 7.24. The third-order valence-electron chi connectivity index (χ3n) is 2.77. The average Bonchev–Trinajstić information content (AvgIpc) is 2.97. The highest BCUT2D eigenvalue weighted by Gasteiger charge is 2.31. The number of imidazole rings is 1. The summed E-state index contributed by atoms with van der Waals surface area (Å²) in [6, 6.07) is 5.86. The van der Waals surface area contributed by atoms with Gasteiger partial charge in [-0.05, 0) is 18.2 Å². The predicted octanol–water partition coefficient (Wildman–Crippen LogP) is 4.39. The van der Waals surface area contributed by atoms with Crippen molar-refractivity contribution < 1.29 is 13.2 Å². The number of halogens is 6. The van der Waals surface area contributed by atoms with E-state index in [-0.39, 0.29) is 33.1 Å². The van der Waals surface area contributed by atoms with Crippen LogP contribution in [0.4, 0.5) is 18.9 Å². The molecule has 0 saturated carbocycles. The Balaban J connectivity index is 2.34. The Bertz CT molecular complexity index is 891. The van der Waals surface area contributed by atoms with E-state index in [0.717, 1.165) is 12.1 Å². The van der Waals surface area contributed by atoms with Crippen LogP contribution in [0.1, 0.15) is 22.8 Å². The van der Waals surface area contributed by atoms with Crippen LogP contribution in [0.5, 0.6) is 0 Å². The molecule has 0 atom stereocenters. The Morgan fingerprint density at radius 2 is 1.96 bits per heavy atom. The largest absolute Gasteiger partial charge is 0.416 e. The molecule has 0 spiro atoms. The molecule has 2 aromatic rings. The lowest BCUT2D eigenvalue weighted by molar-refractivity contribution is -0.137. The number of rotatable bonds is 3. The molecule has 1 aromatic carbocycles. The van der Waals surface area contributed by atoms with E-state index in [0.29, 0.717) is 10.6 Å². The van der Waals surface area contributed by atoms with Crippen molar-refractivity contribution in [2.45, 2.75) is 6.18 Å². The number of nitriles is 2. The quantitative estimate of drug-likeness (QED) is 0.464. The maximum Gasteiger partial charge on any atom is 0.416 e. The maximum atomic E-state index is 12.6. The number of benzene rings is 1. The van der Waals surface area contributed by atoms with E-state index in [1.54, 1.807) is 12.1 Å². The lowest BCUT2D eigenvalue weighted by atomic mass is 10.2. The molecule has 1 N–H and O–H groups in total. The maximum absolute atomic E-state index is 12.6. The van der Waals surface area contributed by atoms with Gasteiger partial charge < -0.3 is 4.98 Å². The first-order valence-electron chi connectivity index (χ1n) is 6.14. The summed E-state index contributed by atoms with van der Waals surface area (Å²) >= 11 is 17.5. The van der Waals surface area contributed by atoms with Crippen LogP contribution in [0.3, 0.4) is 0 Å². The molecular formula is C13H4Cl3F3N6. The van der Waals surface area contributed by atoms with Gasteiger partial charge in [-0.2, -0.15) is 28.2 Å². The standard InChI is InChI=1S/C13H4Cl3F3N6/c14-7-3-6(13(17,18)19)1-2-10(7)25(16)24-11(15)12-22-8(4-20)9(5-21)23-12/h1-3H,(H,22,23). The zero-order chi connectivity index (χ0) is 18.8. The Hall–Kier alpha value is -2.46. The number of hydrazone groups is 1. The number of alkyl halides is 3. The van der Waals surface area contributed by atoms with Crippen LogP contribution in [-0.4, -0.2) is 15.1 Å². The molecule has 1 aromatic heterocycles. The molecule has 12 heteroatoms. The highest BCUT2D eigenvalue weighted by atomic mass is 35.5. The molecule has 0 bridgehead atoms. The van der Waals surface area contributed by atoms with Gasteiger partial charge in [-0.3, -0.25) is 0 Å². The monoisotopic (exact) mass is 406 g/mol. The highest BCUT2D eigenvalue weighted by Crippen LogP contribution is 2.35. The van der Waals surface area contributed by atoms with Gasteiger partial charge in [0.15, 0.2) is 22.4 Å². The molecule has 6 nitrogen and oxygen atoms in total. The molecule has 0 fully saturated rings. The second kappa shape index (κ2) is 7.19. The van der Waals surface area contributed by atoms with Crippen LogP contribution in [0.2, 0.25) is 5.02 Å². The Morgan fingerprint density at radius 3 is 2.44 bits per heavy atom. The number of hydrogen-bond donors (Lipinski definition) is 1. The van der Waals surface area contributed by atoms with E-state index in [9.17, 15) is 13.2 Å². The fourth-order valence-corrected chi connectivity index (χ4v) is 2.37. The average molecular weight is 408 g/mol. The van der Waals surface area contributed by atoms with E-state index in [4.69, 9.17) is 45.5 Å². The van der Waals surface area contributed by atoms with Gasteiger partial charge >= 0.3 is 6.18 Å². The van der Waals surface area contributed by atoms with Crippen molar-refractivity contribution in [3.63, 3.8) is 0 Å². The van der Waals surface area contributed by atoms with Crippen molar-refractivity contribution in [1.29, 1.82) is 10.5 Å². The number of aromatic amines is 1. The molecule has 0 aliphatic heterocycles. The SMILES string of the molecule is N#Cc1nc(C(Cl)=NN(Cl)c2ccc(C(F)(F)F)cc2Cl)[nH]c1C#N. The Morgan fingerprint density at radius 1 is 1.28 bits per heavy atom.